The molecule has 1 saturated heterocycles. The molecule has 2 aliphatic rings. The first-order valence-corrected chi connectivity index (χ1v) is 9.56. The van der Waals surface area contributed by atoms with Gasteiger partial charge in [-0.15, -0.1) is 10.2 Å². The Morgan fingerprint density at radius 2 is 2.00 bits per heavy atom. The molecule has 28 heavy (non-hydrogen) atoms. The molecule has 150 valence electrons. The predicted molar refractivity (Wildman–Crippen MR) is 96.7 cm³/mol. The molecule has 0 spiro atoms. The first-order chi connectivity index (χ1) is 13.5. The van der Waals surface area contributed by atoms with Crippen molar-refractivity contribution in [2.45, 2.75) is 44.9 Å². The molecule has 1 unspecified atom stereocenters. The second-order valence-corrected chi connectivity index (χ2v) is 7.24. The van der Waals surface area contributed by atoms with Crippen molar-refractivity contribution in [3.8, 4) is 5.75 Å². The van der Waals surface area contributed by atoms with Crippen LogP contribution in [0.25, 0.3) is 0 Å². The predicted octanol–water partition coefficient (Wildman–Crippen LogP) is 1.83. The number of nitrogens with zero attached hydrogens (tertiary/aromatic N) is 4. The summed E-state index contributed by atoms with van der Waals surface area (Å²) in [5, 5.41) is 11.9. The quantitative estimate of drug-likeness (QED) is 0.861. The third-order valence-corrected chi connectivity index (χ3v) is 5.37. The lowest BCUT2D eigenvalue weighted by atomic mass is 9.95. The van der Waals surface area contributed by atoms with Crippen LogP contribution in [0.3, 0.4) is 0 Å². The highest BCUT2D eigenvalue weighted by Gasteiger charge is 2.31. The van der Waals surface area contributed by atoms with Crippen LogP contribution in [0.1, 0.15) is 37.3 Å². The highest BCUT2D eigenvalue weighted by Crippen LogP contribution is 2.28. The van der Waals surface area contributed by atoms with Crippen LogP contribution in [0.4, 0.5) is 8.78 Å². The van der Waals surface area contributed by atoms with Crippen LogP contribution in [0, 0.1) is 11.6 Å². The van der Waals surface area contributed by atoms with E-state index in [1.165, 1.54) is 6.07 Å². The molecule has 1 fully saturated rings. The number of hydrogen-bond acceptors (Lipinski definition) is 5. The molecule has 1 N–H and O–H groups in total. The van der Waals surface area contributed by atoms with Gasteiger partial charge in [0.15, 0.2) is 17.7 Å². The minimum Gasteiger partial charge on any atom is -0.481 e. The zero-order chi connectivity index (χ0) is 19.7. The third-order valence-electron chi connectivity index (χ3n) is 5.37. The number of carbonyl (C=O) groups excluding carboxylic acids is 1. The molecule has 2 aromatic rings. The first-order valence-electron chi connectivity index (χ1n) is 9.56. The summed E-state index contributed by atoms with van der Waals surface area (Å²) >= 11 is 0. The maximum atomic E-state index is 13.3. The Morgan fingerprint density at radius 1 is 1.21 bits per heavy atom. The van der Waals surface area contributed by atoms with E-state index in [2.05, 4.69) is 20.1 Å². The molecule has 2 aliphatic heterocycles. The Morgan fingerprint density at radius 3 is 2.75 bits per heavy atom. The number of aromatic nitrogens is 3. The Kier molecular flexibility index (Phi) is 5.25. The molecule has 1 aromatic carbocycles. The maximum absolute atomic E-state index is 13.3. The number of hydrogen-bond donors (Lipinski definition) is 1. The molecular weight excluding hydrogens is 368 g/mol. The number of nitrogens with one attached hydrogen (secondary N) is 1. The summed E-state index contributed by atoms with van der Waals surface area (Å²) in [5.74, 6) is 0.299. The number of halogens is 2. The number of amides is 1. The van der Waals surface area contributed by atoms with E-state index >= 15 is 0 Å². The Bertz CT molecular complexity index is 864. The molecule has 0 radical (unpaired) electrons. The van der Waals surface area contributed by atoms with Gasteiger partial charge in [0, 0.05) is 38.2 Å². The Hall–Kier alpha value is -2.55. The van der Waals surface area contributed by atoms with Gasteiger partial charge >= 0.3 is 0 Å². The van der Waals surface area contributed by atoms with E-state index in [0.29, 0.717) is 13.1 Å². The lowest BCUT2D eigenvalue weighted by molar-refractivity contribution is -0.139. The highest BCUT2D eigenvalue weighted by atomic mass is 19.2. The standard InChI is InChI=1S/C19H23F2N5O2/c1-12(28-14-2-3-15(20)16(21)10-14)19(27)25-7-4-13(5-8-25)18-24-23-17-11-22-6-9-26(17)18/h2-3,10,12-13,22H,4-9,11H2,1H3. The van der Waals surface area contributed by atoms with Gasteiger partial charge in [-0.2, -0.15) is 0 Å². The van der Waals surface area contributed by atoms with Crippen LogP contribution < -0.4 is 10.1 Å². The maximum Gasteiger partial charge on any atom is 0.263 e. The molecule has 1 amide bonds. The van der Waals surface area contributed by atoms with E-state index in [9.17, 15) is 13.6 Å². The number of fused-ring (bicyclic) bond motifs is 1. The summed E-state index contributed by atoms with van der Waals surface area (Å²) in [6.07, 6.45) is 0.859. The zero-order valence-electron chi connectivity index (χ0n) is 15.7. The summed E-state index contributed by atoms with van der Waals surface area (Å²) in [7, 11) is 0. The zero-order valence-corrected chi connectivity index (χ0v) is 15.7. The van der Waals surface area contributed by atoms with Crippen LogP contribution in [0.2, 0.25) is 0 Å². The average molecular weight is 391 g/mol. The Labute approximate surface area is 161 Å². The van der Waals surface area contributed by atoms with Crippen LogP contribution in [0.5, 0.6) is 5.75 Å². The van der Waals surface area contributed by atoms with E-state index in [0.717, 1.165) is 56.3 Å². The Balaban J connectivity index is 1.34. The molecular formula is C19H23F2N5O2. The van der Waals surface area contributed by atoms with Crippen LogP contribution in [0.15, 0.2) is 18.2 Å². The lowest BCUT2D eigenvalue weighted by Crippen LogP contribution is -2.44. The number of piperidine rings is 1. The number of rotatable bonds is 4. The summed E-state index contributed by atoms with van der Waals surface area (Å²) in [6, 6.07) is 3.26. The van der Waals surface area contributed by atoms with Crippen molar-refractivity contribution < 1.29 is 18.3 Å². The summed E-state index contributed by atoms with van der Waals surface area (Å²) < 4.78 is 34.0. The van der Waals surface area contributed by atoms with Gasteiger partial charge in [0.1, 0.15) is 17.4 Å². The summed E-state index contributed by atoms with van der Waals surface area (Å²) in [5.41, 5.74) is 0. The molecule has 7 nitrogen and oxygen atoms in total. The largest absolute Gasteiger partial charge is 0.481 e. The van der Waals surface area contributed by atoms with E-state index < -0.39 is 17.7 Å². The van der Waals surface area contributed by atoms with E-state index in [-0.39, 0.29) is 17.6 Å². The van der Waals surface area contributed by atoms with Crippen molar-refractivity contribution in [3.63, 3.8) is 0 Å². The van der Waals surface area contributed by atoms with Gasteiger partial charge in [-0.25, -0.2) is 8.78 Å². The molecule has 9 heteroatoms. The molecule has 0 bridgehead atoms. The number of ether oxygens (including phenoxy) is 1. The van der Waals surface area contributed by atoms with Gasteiger partial charge in [-0.05, 0) is 31.9 Å². The molecule has 1 atom stereocenters. The van der Waals surface area contributed by atoms with Crippen LogP contribution in [-0.2, 0) is 17.9 Å². The van der Waals surface area contributed by atoms with Gasteiger partial charge in [0.05, 0.1) is 6.54 Å². The van der Waals surface area contributed by atoms with Crippen LogP contribution >= 0.6 is 0 Å². The van der Waals surface area contributed by atoms with Gasteiger partial charge in [0.25, 0.3) is 5.91 Å². The lowest BCUT2D eigenvalue weighted by Gasteiger charge is -2.33. The number of benzene rings is 1. The van der Waals surface area contributed by atoms with Crippen molar-refractivity contribution in [3.05, 3.63) is 41.5 Å². The summed E-state index contributed by atoms with van der Waals surface area (Å²) in [4.78, 5) is 14.4. The van der Waals surface area contributed by atoms with E-state index in [1.807, 2.05) is 0 Å². The highest BCUT2D eigenvalue weighted by molar-refractivity contribution is 5.81. The van der Waals surface area contributed by atoms with E-state index in [4.69, 9.17) is 4.74 Å². The normalized spacial score (nSPS) is 18.6. The second kappa shape index (κ2) is 7.83. The van der Waals surface area contributed by atoms with Crippen molar-refractivity contribution in [1.29, 1.82) is 0 Å². The van der Waals surface area contributed by atoms with Crippen molar-refractivity contribution >= 4 is 5.91 Å². The van der Waals surface area contributed by atoms with Crippen LogP contribution in [-0.4, -0.2) is 51.3 Å². The van der Waals surface area contributed by atoms with Gasteiger partial charge in [0.2, 0.25) is 0 Å². The SMILES string of the molecule is CC(Oc1ccc(F)c(F)c1)C(=O)N1CCC(c2nnc3n2CCNC3)CC1. The van der Waals surface area contributed by atoms with Crippen molar-refractivity contribution in [2.24, 2.45) is 0 Å². The third kappa shape index (κ3) is 3.71. The van der Waals surface area contributed by atoms with Crippen molar-refractivity contribution in [1.82, 2.24) is 25.0 Å². The van der Waals surface area contributed by atoms with E-state index in [1.54, 1.807) is 11.8 Å². The minimum absolute atomic E-state index is 0.137. The molecule has 0 saturated carbocycles. The summed E-state index contributed by atoms with van der Waals surface area (Å²) in [6.45, 7) is 5.36. The fourth-order valence-corrected chi connectivity index (χ4v) is 3.84. The topological polar surface area (TPSA) is 72.3 Å². The molecule has 4 rings (SSSR count). The number of carbonyl (C=O) groups is 1. The second-order valence-electron chi connectivity index (χ2n) is 7.24. The minimum atomic E-state index is -0.996. The fourth-order valence-electron chi connectivity index (χ4n) is 3.84. The molecule has 0 aliphatic carbocycles. The molecule has 1 aromatic heterocycles. The van der Waals surface area contributed by atoms with Crippen molar-refractivity contribution in [2.75, 3.05) is 19.6 Å². The number of likely N-dealkylation sites (tertiary alicyclic amines) is 1. The van der Waals surface area contributed by atoms with Gasteiger partial charge in [-0.3, -0.25) is 4.79 Å². The smallest absolute Gasteiger partial charge is 0.263 e. The fraction of sp³-hybridized carbons (Fsp3) is 0.526. The van der Waals surface area contributed by atoms with Gasteiger partial charge in [-0.1, -0.05) is 0 Å². The monoisotopic (exact) mass is 391 g/mol. The average Bonchev–Trinajstić information content (AvgIpc) is 3.14. The first kappa shape index (κ1) is 18.8. The van der Waals surface area contributed by atoms with Gasteiger partial charge < -0.3 is 19.5 Å². The molecule has 3 heterocycles.